The number of anilines is 1. The second-order valence-corrected chi connectivity index (χ2v) is 7.67. The van der Waals surface area contributed by atoms with Crippen molar-refractivity contribution in [3.63, 3.8) is 0 Å². The normalized spacial score (nSPS) is 19.0. The molecule has 0 radical (unpaired) electrons. The largest absolute Gasteiger partial charge is 0.376 e. The number of ether oxygens (including phenoxy) is 1. The molecule has 1 saturated heterocycles. The Hall–Kier alpha value is -1.67. The summed E-state index contributed by atoms with van der Waals surface area (Å²) >= 11 is 0. The summed E-state index contributed by atoms with van der Waals surface area (Å²) in [7, 11) is -3.83. The summed E-state index contributed by atoms with van der Waals surface area (Å²) in [6.07, 6.45) is 2.95. The predicted molar refractivity (Wildman–Crippen MR) is 89.8 cm³/mol. The van der Waals surface area contributed by atoms with E-state index in [9.17, 15) is 17.6 Å². The fraction of sp³-hybridized carbons (Fsp3) is 0.562. The first kappa shape index (κ1) is 18.7. The molecule has 0 bridgehead atoms. The van der Waals surface area contributed by atoms with Crippen molar-refractivity contribution < 1.29 is 22.3 Å². The highest BCUT2D eigenvalue weighted by molar-refractivity contribution is 7.92. The molecule has 0 unspecified atom stereocenters. The number of rotatable bonds is 7. The van der Waals surface area contributed by atoms with Crippen molar-refractivity contribution in [3.8, 4) is 0 Å². The van der Waals surface area contributed by atoms with Crippen molar-refractivity contribution in [2.45, 2.75) is 38.3 Å². The molecule has 1 aromatic carbocycles. The summed E-state index contributed by atoms with van der Waals surface area (Å²) in [5.41, 5.74) is -0.126. The summed E-state index contributed by atoms with van der Waals surface area (Å²) in [5.74, 6) is -1.14. The van der Waals surface area contributed by atoms with Gasteiger partial charge in [0, 0.05) is 13.2 Å². The summed E-state index contributed by atoms with van der Waals surface area (Å²) in [5, 5.41) is 2.72. The van der Waals surface area contributed by atoms with Gasteiger partial charge in [0.25, 0.3) is 0 Å². The number of nitrogens with one attached hydrogen (secondary N) is 1. The fourth-order valence-corrected chi connectivity index (χ4v) is 4.02. The van der Waals surface area contributed by atoms with E-state index in [-0.39, 0.29) is 18.2 Å². The second-order valence-electron chi connectivity index (χ2n) is 5.81. The fourth-order valence-electron chi connectivity index (χ4n) is 2.80. The summed E-state index contributed by atoms with van der Waals surface area (Å²) in [6.45, 7) is 2.68. The first-order chi connectivity index (χ1) is 11.3. The smallest absolute Gasteiger partial charge is 0.243 e. The van der Waals surface area contributed by atoms with Crippen molar-refractivity contribution >= 4 is 21.6 Å². The number of amides is 1. The highest BCUT2D eigenvalue weighted by Gasteiger charge is 2.33. The first-order valence-corrected chi connectivity index (χ1v) is 9.82. The Kier molecular flexibility index (Phi) is 6.17. The number of benzene rings is 1. The Bertz CT molecular complexity index is 674. The van der Waals surface area contributed by atoms with Crippen LogP contribution >= 0.6 is 0 Å². The number of hydrogen-bond acceptors (Lipinski definition) is 4. The lowest BCUT2D eigenvalue weighted by Crippen LogP contribution is -2.50. The van der Waals surface area contributed by atoms with E-state index in [1.165, 1.54) is 24.3 Å². The molecule has 134 valence electrons. The van der Waals surface area contributed by atoms with Crippen LogP contribution in [0, 0.1) is 5.82 Å². The third kappa shape index (κ3) is 4.45. The summed E-state index contributed by atoms with van der Waals surface area (Å²) in [6, 6.07) is 4.51. The number of halogens is 1. The SMILES string of the molecule is CC[C@@H](C(=O)NC[C@@H]1CCCO1)N(c1ccccc1F)S(C)(=O)=O. The van der Waals surface area contributed by atoms with Crippen LogP contribution < -0.4 is 9.62 Å². The van der Waals surface area contributed by atoms with Crippen molar-refractivity contribution in [1.82, 2.24) is 5.32 Å². The van der Waals surface area contributed by atoms with E-state index in [0.717, 1.165) is 23.4 Å². The van der Waals surface area contributed by atoms with Gasteiger partial charge < -0.3 is 10.1 Å². The first-order valence-electron chi connectivity index (χ1n) is 7.97. The van der Waals surface area contributed by atoms with Gasteiger partial charge in [-0.25, -0.2) is 12.8 Å². The average Bonchev–Trinajstić information content (AvgIpc) is 3.03. The molecular formula is C16H23FN2O4S. The van der Waals surface area contributed by atoms with E-state index in [1.54, 1.807) is 6.92 Å². The van der Waals surface area contributed by atoms with Crippen LogP contribution in [0.2, 0.25) is 0 Å². The van der Waals surface area contributed by atoms with Crippen LogP contribution in [0.4, 0.5) is 10.1 Å². The molecule has 8 heteroatoms. The maximum absolute atomic E-state index is 14.1. The van der Waals surface area contributed by atoms with Crippen LogP contribution in [0.5, 0.6) is 0 Å². The third-order valence-corrected chi connectivity index (χ3v) is 5.11. The molecule has 1 aliphatic rings. The van der Waals surface area contributed by atoms with E-state index in [4.69, 9.17) is 4.74 Å². The molecule has 0 aliphatic carbocycles. The quantitative estimate of drug-likeness (QED) is 0.804. The molecule has 0 saturated carbocycles. The minimum Gasteiger partial charge on any atom is -0.376 e. The van der Waals surface area contributed by atoms with Gasteiger partial charge >= 0.3 is 0 Å². The summed E-state index contributed by atoms with van der Waals surface area (Å²) < 4.78 is 44.8. The molecule has 0 spiro atoms. The van der Waals surface area contributed by atoms with E-state index >= 15 is 0 Å². The number of para-hydroxylation sites is 1. The van der Waals surface area contributed by atoms with Crippen LogP contribution in [0.1, 0.15) is 26.2 Å². The van der Waals surface area contributed by atoms with Gasteiger partial charge in [0.2, 0.25) is 15.9 Å². The molecule has 1 aromatic rings. The minimum absolute atomic E-state index is 0.0494. The number of nitrogens with zero attached hydrogens (tertiary/aromatic N) is 1. The van der Waals surface area contributed by atoms with Gasteiger partial charge in [-0.15, -0.1) is 0 Å². The van der Waals surface area contributed by atoms with Crippen LogP contribution in [0.3, 0.4) is 0 Å². The number of carbonyl (C=O) groups excluding carboxylic acids is 1. The zero-order valence-corrected chi connectivity index (χ0v) is 14.7. The van der Waals surface area contributed by atoms with Crippen LogP contribution in [-0.4, -0.2) is 45.9 Å². The Balaban J connectivity index is 2.22. The monoisotopic (exact) mass is 358 g/mol. The zero-order chi connectivity index (χ0) is 17.7. The van der Waals surface area contributed by atoms with E-state index in [1.807, 2.05) is 0 Å². The molecule has 24 heavy (non-hydrogen) atoms. The Morgan fingerprint density at radius 2 is 2.17 bits per heavy atom. The molecule has 1 N–H and O–H groups in total. The van der Waals surface area contributed by atoms with E-state index < -0.39 is 27.8 Å². The molecule has 2 atom stereocenters. The van der Waals surface area contributed by atoms with Gasteiger partial charge in [0.1, 0.15) is 11.9 Å². The molecule has 6 nitrogen and oxygen atoms in total. The van der Waals surface area contributed by atoms with Gasteiger partial charge in [0.15, 0.2) is 0 Å². The molecular weight excluding hydrogens is 335 g/mol. The Morgan fingerprint density at radius 1 is 1.46 bits per heavy atom. The lowest BCUT2D eigenvalue weighted by molar-refractivity contribution is -0.122. The van der Waals surface area contributed by atoms with Gasteiger partial charge in [-0.3, -0.25) is 9.10 Å². The van der Waals surface area contributed by atoms with E-state index in [0.29, 0.717) is 13.2 Å². The van der Waals surface area contributed by atoms with E-state index in [2.05, 4.69) is 5.32 Å². The lowest BCUT2D eigenvalue weighted by atomic mass is 10.1. The number of carbonyl (C=O) groups is 1. The predicted octanol–water partition coefficient (Wildman–Crippen LogP) is 1.67. The van der Waals surface area contributed by atoms with Crippen LogP contribution in [0.25, 0.3) is 0 Å². The maximum Gasteiger partial charge on any atom is 0.243 e. The minimum atomic E-state index is -3.83. The number of hydrogen-bond donors (Lipinski definition) is 1. The van der Waals surface area contributed by atoms with Crippen molar-refractivity contribution in [2.75, 3.05) is 23.7 Å². The topological polar surface area (TPSA) is 75.7 Å². The molecule has 1 fully saturated rings. The van der Waals surface area contributed by atoms with Gasteiger partial charge in [-0.05, 0) is 31.4 Å². The molecule has 1 amide bonds. The molecule has 1 aliphatic heterocycles. The van der Waals surface area contributed by atoms with Gasteiger partial charge in [-0.2, -0.15) is 0 Å². The molecule has 2 rings (SSSR count). The Morgan fingerprint density at radius 3 is 2.71 bits per heavy atom. The van der Waals surface area contributed by atoms with Crippen LogP contribution in [-0.2, 0) is 19.6 Å². The molecule has 1 heterocycles. The van der Waals surface area contributed by atoms with Crippen molar-refractivity contribution in [3.05, 3.63) is 30.1 Å². The zero-order valence-electron chi connectivity index (χ0n) is 13.9. The average molecular weight is 358 g/mol. The van der Waals surface area contributed by atoms with Crippen molar-refractivity contribution in [2.24, 2.45) is 0 Å². The highest BCUT2D eigenvalue weighted by Crippen LogP contribution is 2.25. The summed E-state index contributed by atoms with van der Waals surface area (Å²) in [4.78, 5) is 12.5. The standard InChI is InChI=1S/C16H23FN2O4S/c1-3-14(16(20)18-11-12-7-6-10-23-12)19(24(2,21)22)15-9-5-4-8-13(15)17/h4-5,8-9,12,14H,3,6-7,10-11H2,1-2H3,(H,18,20)/t12-,14-/m0/s1. The van der Waals surface area contributed by atoms with Crippen molar-refractivity contribution in [1.29, 1.82) is 0 Å². The van der Waals surface area contributed by atoms with Crippen LogP contribution in [0.15, 0.2) is 24.3 Å². The maximum atomic E-state index is 14.1. The van der Waals surface area contributed by atoms with Gasteiger partial charge in [0.05, 0.1) is 18.0 Å². The highest BCUT2D eigenvalue weighted by atomic mass is 32.2. The lowest BCUT2D eigenvalue weighted by Gasteiger charge is -2.30. The Labute approximate surface area is 142 Å². The number of sulfonamides is 1. The molecule has 0 aromatic heterocycles. The second kappa shape index (κ2) is 7.94. The van der Waals surface area contributed by atoms with Gasteiger partial charge in [-0.1, -0.05) is 19.1 Å². The third-order valence-electron chi connectivity index (χ3n) is 3.95.